The lowest BCUT2D eigenvalue weighted by molar-refractivity contribution is 0.0605. The van der Waals surface area contributed by atoms with Crippen LogP contribution in [-0.2, 0) is 6.42 Å². The summed E-state index contributed by atoms with van der Waals surface area (Å²) < 4.78 is 5.60. The predicted octanol–water partition coefficient (Wildman–Crippen LogP) is 0.947. The predicted molar refractivity (Wildman–Crippen MR) is 58.8 cm³/mol. The Kier molecular flexibility index (Phi) is 3.23. The summed E-state index contributed by atoms with van der Waals surface area (Å²) in [6, 6.07) is 7.99. The average Bonchev–Trinajstić information content (AvgIpc) is 2.29. The van der Waals surface area contributed by atoms with E-state index in [9.17, 15) is 5.11 Å². The highest BCUT2D eigenvalue weighted by molar-refractivity contribution is 5.35. The maximum absolute atomic E-state index is 9.84. The summed E-state index contributed by atoms with van der Waals surface area (Å²) in [5.74, 6) is 1.14. The maximum Gasteiger partial charge on any atom is 0.122 e. The molecule has 1 aromatic carbocycles. The monoisotopic (exact) mass is 207 g/mol. The van der Waals surface area contributed by atoms with Crippen LogP contribution in [0.2, 0.25) is 0 Å². The third kappa shape index (κ3) is 2.30. The van der Waals surface area contributed by atoms with Crippen molar-refractivity contribution in [3.05, 3.63) is 29.8 Å². The number of rotatable bonds is 3. The van der Waals surface area contributed by atoms with E-state index in [1.165, 1.54) is 5.56 Å². The first-order chi connectivity index (χ1) is 7.31. The van der Waals surface area contributed by atoms with Gasteiger partial charge in [-0.1, -0.05) is 18.2 Å². The highest BCUT2D eigenvalue weighted by Gasteiger charge is 2.25. The molecule has 1 unspecified atom stereocenters. The summed E-state index contributed by atoms with van der Waals surface area (Å²) in [5.41, 5.74) is 6.61. The molecular formula is C12H17NO2. The standard InChI is InChI=1S/C12H17NO2/c13-6-5-11(14)10-7-9-3-1-2-4-12(9)15-8-10/h1-4,10-11,14H,5-8,13H2/t10?,11-/m1/s1. The Morgan fingerprint density at radius 3 is 3.07 bits per heavy atom. The molecule has 15 heavy (non-hydrogen) atoms. The molecule has 82 valence electrons. The molecule has 0 saturated heterocycles. The smallest absolute Gasteiger partial charge is 0.122 e. The second-order valence-electron chi connectivity index (χ2n) is 4.03. The van der Waals surface area contributed by atoms with Gasteiger partial charge in [0.2, 0.25) is 0 Å². The van der Waals surface area contributed by atoms with Crippen LogP contribution >= 0.6 is 0 Å². The quantitative estimate of drug-likeness (QED) is 0.775. The second-order valence-corrected chi connectivity index (χ2v) is 4.03. The topological polar surface area (TPSA) is 55.5 Å². The minimum atomic E-state index is -0.344. The van der Waals surface area contributed by atoms with E-state index in [0.29, 0.717) is 19.6 Å². The number of fused-ring (bicyclic) bond motifs is 1. The van der Waals surface area contributed by atoms with E-state index in [4.69, 9.17) is 10.5 Å². The van der Waals surface area contributed by atoms with Crippen LogP contribution in [0.15, 0.2) is 24.3 Å². The molecule has 3 nitrogen and oxygen atoms in total. The van der Waals surface area contributed by atoms with Crippen molar-refractivity contribution >= 4 is 0 Å². The molecule has 0 aromatic heterocycles. The summed E-state index contributed by atoms with van der Waals surface area (Å²) in [6.45, 7) is 1.12. The summed E-state index contributed by atoms with van der Waals surface area (Å²) in [6.07, 6.45) is 1.19. The van der Waals surface area contributed by atoms with Crippen molar-refractivity contribution in [2.45, 2.75) is 18.9 Å². The van der Waals surface area contributed by atoms with E-state index < -0.39 is 0 Å². The molecule has 0 saturated carbocycles. The Bertz CT molecular complexity index is 327. The van der Waals surface area contributed by atoms with Crippen molar-refractivity contribution in [2.75, 3.05) is 13.2 Å². The fraction of sp³-hybridized carbons (Fsp3) is 0.500. The zero-order valence-electron chi connectivity index (χ0n) is 8.73. The fourth-order valence-electron chi connectivity index (χ4n) is 2.01. The third-order valence-electron chi connectivity index (χ3n) is 2.91. The van der Waals surface area contributed by atoms with Crippen molar-refractivity contribution in [2.24, 2.45) is 11.7 Å². The van der Waals surface area contributed by atoms with Gasteiger partial charge in [0.05, 0.1) is 12.7 Å². The molecule has 2 rings (SSSR count). The molecule has 0 bridgehead atoms. The SMILES string of the molecule is NCC[C@@H](O)C1COc2ccccc2C1. The van der Waals surface area contributed by atoms with Gasteiger partial charge >= 0.3 is 0 Å². The van der Waals surface area contributed by atoms with Crippen molar-refractivity contribution in [3.8, 4) is 5.75 Å². The van der Waals surface area contributed by atoms with Gasteiger partial charge in [-0.05, 0) is 31.0 Å². The van der Waals surface area contributed by atoms with Crippen LogP contribution in [0.1, 0.15) is 12.0 Å². The number of ether oxygens (including phenoxy) is 1. The zero-order chi connectivity index (χ0) is 10.7. The van der Waals surface area contributed by atoms with Crippen LogP contribution in [0.3, 0.4) is 0 Å². The number of aliphatic hydroxyl groups is 1. The zero-order valence-corrected chi connectivity index (χ0v) is 8.73. The van der Waals surface area contributed by atoms with E-state index in [-0.39, 0.29) is 12.0 Å². The van der Waals surface area contributed by atoms with Gasteiger partial charge in [0, 0.05) is 5.92 Å². The van der Waals surface area contributed by atoms with Gasteiger partial charge < -0.3 is 15.6 Å². The lowest BCUT2D eigenvalue weighted by Crippen LogP contribution is -2.33. The first kappa shape index (κ1) is 10.5. The van der Waals surface area contributed by atoms with E-state index >= 15 is 0 Å². The van der Waals surface area contributed by atoms with E-state index in [2.05, 4.69) is 6.07 Å². The molecule has 3 N–H and O–H groups in total. The highest BCUT2D eigenvalue weighted by Crippen LogP contribution is 2.28. The summed E-state index contributed by atoms with van der Waals surface area (Å²) >= 11 is 0. The van der Waals surface area contributed by atoms with Gasteiger partial charge in [0.25, 0.3) is 0 Å². The summed E-state index contributed by atoms with van der Waals surface area (Å²) in [4.78, 5) is 0. The van der Waals surface area contributed by atoms with E-state index in [1.807, 2.05) is 18.2 Å². The first-order valence-electron chi connectivity index (χ1n) is 5.40. The molecule has 3 heteroatoms. The van der Waals surface area contributed by atoms with E-state index in [1.54, 1.807) is 0 Å². The van der Waals surface area contributed by atoms with Crippen molar-refractivity contribution < 1.29 is 9.84 Å². The first-order valence-corrected chi connectivity index (χ1v) is 5.40. The average molecular weight is 207 g/mol. The molecule has 1 aliphatic rings. The largest absolute Gasteiger partial charge is 0.493 e. The molecule has 0 spiro atoms. The molecular weight excluding hydrogens is 190 g/mol. The second kappa shape index (κ2) is 4.64. The molecule has 0 radical (unpaired) electrons. The number of para-hydroxylation sites is 1. The molecule has 0 aliphatic carbocycles. The van der Waals surface area contributed by atoms with Crippen LogP contribution in [-0.4, -0.2) is 24.4 Å². The Hall–Kier alpha value is -1.06. The Balaban J connectivity index is 2.05. The Morgan fingerprint density at radius 2 is 2.27 bits per heavy atom. The van der Waals surface area contributed by atoms with Gasteiger partial charge in [-0.3, -0.25) is 0 Å². The van der Waals surface area contributed by atoms with Gasteiger partial charge in [0.15, 0.2) is 0 Å². The van der Waals surface area contributed by atoms with Crippen molar-refractivity contribution in [1.82, 2.24) is 0 Å². The van der Waals surface area contributed by atoms with Gasteiger partial charge in [0.1, 0.15) is 5.75 Å². The number of nitrogens with two attached hydrogens (primary N) is 1. The van der Waals surface area contributed by atoms with Crippen LogP contribution in [0.25, 0.3) is 0 Å². The van der Waals surface area contributed by atoms with Crippen LogP contribution in [0.5, 0.6) is 5.75 Å². The van der Waals surface area contributed by atoms with Crippen molar-refractivity contribution in [1.29, 1.82) is 0 Å². The summed E-state index contributed by atoms with van der Waals surface area (Å²) in [7, 11) is 0. The van der Waals surface area contributed by atoms with Crippen LogP contribution < -0.4 is 10.5 Å². The van der Waals surface area contributed by atoms with Crippen LogP contribution in [0.4, 0.5) is 0 Å². The Morgan fingerprint density at radius 1 is 1.47 bits per heavy atom. The van der Waals surface area contributed by atoms with Crippen LogP contribution in [0, 0.1) is 5.92 Å². The molecule has 2 atom stereocenters. The maximum atomic E-state index is 9.84. The normalized spacial score (nSPS) is 21.6. The third-order valence-corrected chi connectivity index (χ3v) is 2.91. The van der Waals surface area contributed by atoms with Gasteiger partial charge in [-0.2, -0.15) is 0 Å². The number of hydrogen-bond donors (Lipinski definition) is 2. The number of benzene rings is 1. The summed E-state index contributed by atoms with van der Waals surface area (Å²) in [5, 5.41) is 9.84. The lowest BCUT2D eigenvalue weighted by Gasteiger charge is -2.28. The number of hydrogen-bond acceptors (Lipinski definition) is 3. The molecule has 0 fully saturated rings. The number of aliphatic hydroxyl groups excluding tert-OH is 1. The van der Waals surface area contributed by atoms with Gasteiger partial charge in [-0.15, -0.1) is 0 Å². The molecule has 1 aromatic rings. The van der Waals surface area contributed by atoms with Gasteiger partial charge in [-0.25, -0.2) is 0 Å². The Labute approximate surface area is 89.9 Å². The molecule has 0 amide bonds. The van der Waals surface area contributed by atoms with Crippen molar-refractivity contribution in [3.63, 3.8) is 0 Å². The highest BCUT2D eigenvalue weighted by atomic mass is 16.5. The van der Waals surface area contributed by atoms with E-state index in [0.717, 1.165) is 12.2 Å². The lowest BCUT2D eigenvalue weighted by atomic mass is 9.90. The minimum Gasteiger partial charge on any atom is -0.493 e. The minimum absolute atomic E-state index is 0.184. The molecule has 1 aliphatic heterocycles. The fourth-order valence-corrected chi connectivity index (χ4v) is 2.01. The molecule has 1 heterocycles.